The molecule has 1 fully saturated rings. The second-order valence-corrected chi connectivity index (χ2v) is 6.58. The fourth-order valence-corrected chi connectivity index (χ4v) is 3.19. The lowest BCUT2D eigenvalue weighted by atomic mass is 9.95. The van der Waals surface area contributed by atoms with Gasteiger partial charge in [0.25, 0.3) is 0 Å². The molecule has 152 valence electrons. The van der Waals surface area contributed by atoms with Gasteiger partial charge in [0.15, 0.2) is 0 Å². The molecule has 0 amide bonds. The van der Waals surface area contributed by atoms with Crippen molar-refractivity contribution in [1.29, 1.82) is 0 Å². The maximum Gasteiger partial charge on any atom is 0.0984 e. The Labute approximate surface area is 172 Å². The van der Waals surface area contributed by atoms with Gasteiger partial charge in [-0.3, -0.25) is 5.43 Å². The molecule has 0 radical (unpaired) electrons. The first-order valence-corrected chi connectivity index (χ1v) is 10.9. The van der Waals surface area contributed by atoms with Crippen LogP contribution in [-0.4, -0.2) is 5.71 Å². The molecule has 0 aromatic heterocycles. The lowest BCUT2D eigenvalue weighted by Crippen LogP contribution is -2.19. The van der Waals surface area contributed by atoms with E-state index in [0.717, 1.165) is 28.1 Å². The first kappa shape index (κ1) is 23.7. The molecule has 1 aliphatic carbocycles. The van der Waals surface area contributed by atoms with Crippen LogP contribution in [0.4, 0.5) is 0 Å². The molecule has 0 spiro atoms. The molecule has 0 saturated heterocycles. The van der Waals surface area contributed by atoms with Crippen molar-refractivity contribution in [2.45, 2.75) is 73.1 Å². The molecule has 2 aromatic carbocycles. The van der Waals surface area contributed by atoms with Gasteiger partial charge < -0.3 is 0 Å². The van der Waals surface area contributed by atoms with Gasteiger partial charge in [0, 0.05) is 16.7 Å². The smallest absolute Gasteiger partial charge is 0.0984 e. The van der Waals surface area contributed by atoms with Crippen molar-refractivity contribution in [1.82, 2.24) is 5.43 Å². The van der Waals surface area contributed by atoms with Gasteiger partial charge in [-0.25, -0.2) is 0 Å². The minimum atomic E-state index is 0.849. The van der Waals surface area contributed by atoms with Crippen molar-refractivity contribution in [3.8, 4) is 0 Å². The number of rotatable bonds is 1. The van der Waals surface area contributed by atoms with Gasteiger partial charge in [-0.1, -0.05) is 127 Å². The number of aryl methyl sites for hydroxylation is 1. The van der Waals surface area contributed by atoms with Crippen LogP contribution in [0.2, 0.25) is 0 Å². The van der Waals surface area contributed by atoms with Crippen LogP contribution >= 0.6 is 0 Å². The summed E-state index contributed by atoms with van der Waals surface area (Å²) in [5.41, 5.74) is 9.43. The Balaban J connectivity index is 0.000000329. The monoisotopic (exact) mass is 378 g/mol. The first-order valence-electron chi connectivity index (χ1n) is 10.9. The summed E-state index contributed by atoms with van der Waals surface area (Å²) in [6.07, 6.45) is 9.00. The molecular weight excluding hydrogens is 340 g/mol. The first-order chi connectivity index (χ1) is 13.8. The normalized spacial score (nSPS) is 14.3. The molecule has 2 aromatic rings. The third kappa shape index (κ3) is 6.99. The Morgan fingerprint density at radius 1 is 0.714 bits per heavy atom. The van der Waals surface area contributed by atoms with Gasteiger partial charge in [-0.2, -0.15) is 5.10 Å². The second kappa shape index (κ2) is 13.8. The van der Waals surface area contributed by atoms with Crippen LogP contribution in [0.3, 0.4) is 0 Å². The molecule has 1 aliphatic heterocycles. The van der Waals surface area contributed by atoms with Crippen molar-refractivity contribution in [3.05, 3.63) is 77.4 Å². The molecule has 1 N–H and O–H groups in total. The SMILES string of the molecule is C1CCCCC1.C=C1NN=C(c2ccc(C)cc2)c2ccccc21.CC.CC. The van der Waals surface area contributed by atoms with Crippen LogP contribution in [0.15, 0.2) is 60.2 Å². The number of hydrogen-bond donors (Lipinski definition) is 1. The minimum Gasteiger partial charge on any atom is -0.278 e. The molecule has 0 unspecified atom stereocenters. The van der Waals surface area contributed by atoms with Crippen molar-refractivity contribution in [2.75, 3.05) is 0 Å². The van der Waals surface area contributed by atoms with Crippen LogP contribution in [0, 0.1) is 6.92 Å². The summed E-state index contributed by atoms with van der Waals surface area (Å²) in [6, 6.07) is 16.6. The van der Waals surface area contributed by atoms with E-state index in [2.05, 4.69) is 60.4 Å². The summed E-state index contributed by atoms with van der Waals surface area (Å²) in [4.78, 5) is 0. The summed E-state index contributed by atoms with van der Waals surface area (Å²) in [7, 11) is 0. The van der Waals surface area contributed by atoms with Gasteiger partial charge in [0.2, 0.25) is 0 Å². The van der Waals surface area contributed by atoms with E-state index in [1.54, 1.807) is 0 Å². The Hall–Kier alpha value is -2.35. The summed E-state index contributed by atoms with van der Waals surface area (Å²) in [5, 5.41) is 4.42. The number of hydrazone groups is 1. The summed E-state index contributed by atoms with van der Waals surface area (Å²) < 4.78 is 0. The quantitative estimate of drug-likeness (QED) is 0.540. The minimum absolute atomic E-state index is 0.849. The van der Waals surface area contributed by atoms with Crippen LogP contribution in [0.5, 0.6) is 0 Å². The van der Waals surface area contributed by atoms with Crippen LogP contribution in [0.1, 0.15) is 88.5 Å². The van der Waals surface area contributed by atoms with Gasteiger partial charge in [0.05, 0.1) is 11.4 Å². The van der Waals surface area contributed by atoms with Crippen molar-refractivity contribution >= 4 is 11.4 Å². The van der Waals surface area contributed by atoms with Gasteiger partial charge in [-0.15, -0.1) is 0 Å². The lowest BCUT2D eigenvalue weighted by Gasteiger charge is -2.19. The third-order valence-corrected chi connectivity index (χ3v) is 4.63. The molecule has 4 rings (SSSR count). The average Bonchev–Trinajstić information content (AvgIpc) is 2.79. The topological polar surface area (TPSA) is 24.4 Å². The molecule has 28 heavy (non-hydrogen) atoms. The van der Waals surface area contributed by atoms with Crippen molar-refractivity contribution < 1.29 is 0 Å². The third-order valence-electron chi connectivity index (χ3n) is 4.63. The van der Waals surface area contributed by atoms with Crippen LogP contribution in [-0.2, 0) is 0 Å². The standard InChI is InChI=1S/C16H14N2.C6H12.2C2H6/c1-11-7-9-13(10-8-11)16-15-6-4-3-5-14(15)12(2)17-18-16;1-2-4-6-5-3-1;2*1-2/h3-10,17H,2H2,1H3;1-6H2;2*1-2H3. The molecule has 0 bridgehead atoms. The number of nitrogens with one attached hydrogen (secondary N) is 1. The Morgan fingerprint density at radius 2 is 1.18 bits per heavy atom. The Morgan fingerprint density at radius 3 is 1.68 bits per heavy atom. The van der Waals surface area contributed by atoms with Crippen LogP contribution in [0.25, 0.3) is 5.70 Å². The predicted octanol–water partition coefficient (Wildman–Crippen LogP) is 7.71. The highest BCUT2D eigenvalue weighted by atomic mass is 15.3. The summed E-state index contributed by atoms with van der Waals surface area (Å²) in [6.45, 7) is 14.1. The number of benzene rings is 2. The maximum atomic E-state index is 4.42. The highest BCUT2D eigenvalue weighted by molar-refractivity contribution is 6.16. The number of hydrogen-bond acceptors (Lipinski definition) is 2. The number of nitrogens with zero attached hydrogens (tertiary/aromatic N) is 1. The van der Waals surface area contributed by atoms with Crippen molar-refractivity contribution in [3.63, 3.8) is 0 Å². The van der Waals surface area contributed by atoms with E-state index in [-0.39, 0.29) is 0 Å². The van der Waals surface area contributed by atoms with E-state index in [0.29, 0.717) is 0 Å². The van der Waals surface area contributed by atoms with E-state index in [1.165, 1.54) is 44.1 Å². The molecule has 1 saturated carbocycles. The Bertz CT molecular complexity index is 711. The van der Waals surface area contributed by atoms with Gasteiger partial charge in [-0.05, 0) is 6.92 Å². The number of fused-ring (bicyclic) bond motifs is 1. The lowest BCUT2D eigenvalue weighted by molar-refractivity contribution is 0.504. The Kier molecular flexibility index (Phi) is 11.6. The van der Waals surface area contributed by atoms with E-state index in [1.807, 2.05) is 39.8 Å². The fourth-order valence-electron chi connectivity index (χ4n) is 3.19. The largest absolute Gasteiger partial charge is 0.278 e. The van der Waals surface area contributed by atoms with Gasteiger partial charge in [0.1, 0.15) is 0 Å². The highest BCUT2D eigenvalue weighted by Gasteiger charge is 2.17. The summed E-state index contributed by atoms with van der Waals surface area (Å²) >= 11 is 0. The molecule has 0 atom stereocenters. The van der Waals surface area contributed by atoms with E-state index >= 15 is 0 Å². The van der Waals surface area contributed by atoms with Crippen LogP contribution < -0.4 is 5.43 Å². The zero-order valence-electron chi connectivity index (χ0n) is 18.5. The van der Waals surface area contributed by atoms with E-state index in [4.69, 9.17) is 0 Å². The predicted molar refractivity (Wildman–Crippen MR) is 126 cm³/mol. The van der Waals surface area contributed by atoms with Gasteiger partial charge >= 0.3 is 0 Å². The average molecular weight is 379 g/mol. The zero-order chi connectivity index (χ0) is 20.8. The molecular formula is C26H38N2. The second-order valence-electron chi connectivity index (χ2n) is 6.58. The summed E-state index contributed by atoms with van der Waals surface area (Å²) in [5.74, 6) is 0. The van der Waals surface area contributed by atoms with Crippen molar-refractivity contribution in [2.24, 2.45) is 5.10 Å². The van der Waals surface area contributed by atoms with E-state index < -0.39 is 0 Å². The zero-order valence-corrected chi connectivity index (χ0v) is 18.5. The highest BCUT2D eigenvalue weighted by Crippen LogP contribution is 2.23. The fraction of sp³-hybridized carbons (Fsp3) is 0.423. The molecule has 2 aliphatic rings. The maximum absolute atomic E-state index is 4.42. The van der Waals surface area contributed by atoms with E-state index in [9.17, 15) is 0 Å². The molecule has 2 heteroatoms. The molecule has 2 nitrogen and oxygen atoms in total. The molecule has 1 heterocycles.